The molecule has 0 spiro atoms. The van der Waals surface area contributed by atoms with E-state index in [1.807, 2.05) is 12.1 Å². The van der Waals surface area contributed by atoms with E-state index < -0.39 is 0 Å². The summed E-state index contributed by atoms with van der Waals surface area (Å²) >= 11 is 5.84. The fourth-order valence-electron chi connectivity index (χ4n) is 2.24. The van der Waals surface area contributed by atoms with E-state index in [0.717, 1.165) is 18.5 Å². The summed E-state index contributed by atoms with van der Waals surface area (Å²) in [5.41, 5.74) is 5.14. The van der Waals surface area contributed by atoms with Crippen LogP contribution in [-0.2, 0) is 0 Å². The van der Waals surface area contributed by atoms with Crippen molar-refractivity contribution >= 4 is 11.6 Å². The Bertz CT molecular complexity index is 386. The number of aromatic nitrogens is 1. The summed E-state index contributed by atoms with van der Waals surface area (Å²) in [6.07, 6.45) is 10.0. The van der Waals surface area contributed by atoms with Gasteiger partial charge in [0.2, 0.25) is 0 Å². The van der Waals surface area contributed by atoms with Crippen molar-refractivity contribution in [2.75, 3.05) is 0 Å². The van der Waals surface area contributed by atoms with E-state index in [2.05, 4.69) is 16.5 Å². The molecule has 0 radical (unpaired) electrons. The lowest BCUT2D eigenvalue weighted by Gasteiger charge is -2.18. The number of pyridine rings is 1. The highest BCUT2D eigenvalue weighted by Gasteiger charge is 2.17. The normalized spacial score (nSPS) is 18.4. The lowest BCUT2D eigenvalue weighted by atomic mass is 9.99. The summed E-state index contributed by atoms with van der Waals surface area (Å²) in [5, 5.41) is 0.652. The molecular formula is C13H18ClN3. The van der Waals surface area contributed by atoms with Gasteiger partial charge in [-0.05, 0) is 37.8 Å². The molecule has 2 rings (SSSR count). The van der Waals surface area contributed by atoms with Gasteiger partial charge in [-0.1, -0.05) is 29.7 Å². The minimum Gasteiger partial charge on any atom is -0.271 e. The number of nitrogens with one attached hydrogen (secondary N) is 1. The number of hydrazine groups is 1. The zero-order valence-electron chi connectivity index (χ0n) is 9.82. The van der Waals surface area contributed by atoms with Gasteiger partial charge in [0.15, 0.2) is 0 Å². The van der Waals surface area contributed by atoms with Crippen molar-refractivity contribution in [2.45, 2.75) is 38.1 Å². The first-order chi connectivity index (χ1) is 8.31. The predicted octanol–water partition coefficient (Wildman–Crippen LogP) is 3.13. The number of nitrogens with two attached hydrogens (primary N) is 1. The van der Waals surface area contributed by atoms with Crippen molar-refractivity contribution in [3.8, 4) is 0 Å². The molecule has 1 aliphatic rings. The first kappa shape index (κ1) is 12.6. The highest BCUT2D eigenvalue weighted by atomic mass is 35.5. The minimum atomic E-state index is 0.0189. The quantitative estimate of drug-likeness (QED) is 0.493. The lowest BCUT2D eigenvalue weighted by molar-refractivity contribution is 0.580. The number of allylic oxidation sites excluding steroid dienone is 1. The maximum Gasteiger partial charge on any atom is 0.0841 e. The maximum atomic E-state index is 5.84. The molecule has 1 heterocycles. The van der Waals surface area contributed by atoms with Crippen LogP contribution in [0.5, 0.6) is 0 Å². The van der Waals surface area contributed by atoms with Crippen LogP contribution in [0.4, 0.5) is 0 Å². The summed E-state index contributed by atoms with van der Waals surface area (Å²) in [6, 6.07) is 3.80. The molecule has 3 N–H and O–H groups in total. The highest BCUT2D eigenvalue weighted by molar-refractivity contribution is 6.30. The molecule has 1 unspecified atom stereocenters. The van der Waals surface area contributed by atoms with Crippen molar-refractivity contribution in [1.29, 1.82) is 0 Å². The van der Waals surface area contributed by atoms with Crippen molar-refractivity contribution in [3.63, 3.8) is 0 Å². The Morgan fingerprint density at radius 1 is 1.29 bits per heavy atom. The standard InChI is InChI=1S/C13H18ClN3/c14-11-7-8-12(16-9-11)13(17-15)10-5-3-1-2-4-6-10/h5,7-9,13,17H,1-4,6,15H2. The van der Waals surface area contributed by atoms with E-state index in [0.29, 0.717) is 5.02 Å². The predicted molar refractivity (Wildman–Crippen MR) is 70.5 cm³/mol. The average Bonchev–Trinajstić information content (AvgIpc) is 2.62. The van der Waals surface area contributed by atoms with Crippen LogP contribution in [0.1, 0.15) is 43.8 Å². The number of hydrogen-bond donors (Lipinski definition) is 2. The molecular weight excluding hydrogens is 234 g/mol. The van der Waals surface area contributed by atoms with E-state index >= 15 is 0 Å². The van der Waals surface area contributed by atoms with Gasteiger partial charge in [0, 0.05) is 6.20 Å². The second-order valence-electron chi connectivity index (χ2n) is 4.38. The third kappa shape index (κ3) is 3.28. The van der Waals surface area contributed by atoms with Gasteiger partial charge in [0.25, 0.3) is 0 Å². The van der Waals surface area contributed by atoms with E-state index in [1.165, 1.54) is 24.8 Å². The first-order valence-electron chi connectivity index (χ1n) is 6.08. The zero-order chi connectivity index (χ0) is 12.1. The summed E-state index contributed by atoms with van der Waals surface area (Å²) in [6.45, 7) is 0. The molecule has 0 fully saturated rings. The van der Waals surface area contributed by atoms with Crippen molar-refractivity contribution in [3.05, 3.63) is 40.7 Å². The molecule has 1 aliphatic carbocycles. The molecule has 1 atom stereocenters. The third-order valence-corrected chi connectivity index (χ3v) is 3.38. The Morgan fingerprint density at radius 3 is 2.88 bits per heavy atom. The SMILES string of the molecule is NNC(C1=CCCCCC1)c1ccc(Cl)cn1. The molecule has 0 aromatic carbocycles. The van der Waals surface area contributed by atoms with Crippen LogP contribution in [-0.4, -0.2) is 4.98 Å². The molecule has 0 aliphatic heterocycles. The van der Waals surface area contributed by atoms with Crippen LogP contribution < -0.4 is 11.3 Å². The minimum absolute atomic E-state index is 0.0189. The van der Waals surface area contributed by atoms with Crippen LogP contribution in [0.2, 0.25) is 5.02 Å². The van der Waals surface area contributed by atoms with Crippen molar-refractivity contribution in [2.24, 2.45) is 5.84 Å². The summed E-state index contributed by atoms with van der Waals surface area (Å²) in [7, 11) is 0. The lowest BCUT2D eigenvalue weighted by Crippen LogP contribution is -2.30. The molecule has 3 nitrogen and oxygen atoms in total. The second kappa shape index (κ2) is 6.15. The Kier molecular flexibility index (Phi) is 4.54. The molecule has 1 aromatic rings. The van der Waals surface area contributed by atoms with Gasteiger partial charge in [-0.2, -0.15) is 0 Å². The summed E-state index contributed by atoms with van der Waals surface area (Å²) in [4.78, 5) is 4.34. The molecule has 0 amide bonds. The van der Waals surface area contributed by atoms with Gasteiger partial charge in [-0.15, -0.1) is 0 Å². The Morgan fingerprint density at radius 2 is 2.18 bits per heavy atom. The first-order valence-corrected chi connectivity index (χ1v) is 6.45. The number of rotatable bonds is 3. The topological polar surface area (TPSA) is 50.9 Å². The van der Waals surface area contributed by atoms with Gasteiger partial charge in [-0.3, -0.25) is 10.8 Å². The second-order valence-corrected chi connectivity index (χ2v) is 4.82. The number of halogens is 1. The van der Waals surface area contributed by atoms with Crippen molar-refractivity contribution < 1.29 is 0 Å². The average molecular weight is 252 g/mol. The van der Waals surface area contributed by atoms with Crippen LogP contribution in [0.25, 0.3) is 0 Å². The highest BCUT2D eigenvalue weighted by Crippen LogP contribution is 2.28. The van der Waals surface area contributed by atoms with Gasteiger partial charge >= 0.3 is 0 Å². The van der Waals surface area contributed by atoms with Gasteiger partial charge in [0.05, 0.1) is 16.8 Å². The Hall–Kier alpha value is -0.900. The van der Waals surface area contributed by atoms with E-state index in [-0.39, 0.29) is 6.04 Å². The van der Waals surface area contributed by atoms with Crippen LogP contribution >= 0.6 is 11.6 Å². The van der Waals surface area contributed by atoms with Crippen LogP contribution in [0, 0.1) is 0 Å². The molecule has 1 aromatic heterocycles. The van der Waals surface area contributed by atoms with Crippen LogP contribution in [0.15, 0.2) is 30.0 Å². The third-order valence-electron chi connectivity index (χ3n) is 3.16. The molecule has 17 heavy (non-hydrogen) atoms. The Labute approximate surface area is 107 Å². The molecule has 4 heteroatoms. The van der Waals surface area contributed by atoms with Crippen LogP contribution in [0.3, 0.4) is 0 Å². The smallest absolute Gasteiger partial charge is 0.0841 e. The van der Waals surface area contributed by atoms with Gasteiger partial charge < -0.3 is 0 Å². The fourth-order valence-corrected chi connectivity index (χ4v) is 2.35. The molecule has 0 bridgehead atoms. The molecule has 0 saturated carbocycles. The molecule has 0 saturated heterocycles. The van der Waals surface area contributed by atoms with E-state index in [9.17, 15) is 0 Å². The summed E-state index contributed by atoms with van der Waals surface area (Å²) < 4.78 is 0. The van der Waals surface area contributed by atoms with E-state index in [4.69, 9.17) is 17.4 Å². The molecule has 92 valence electrons. The number of nitrogens with zero attached hydrogens (tertiary/aromatic N) is 1. The fraction of sp³-hybridized carbons (Fsp3) is 0.462. The summed E-state index contributed by atoms with van der Waals surface area (Å²) in [5.74, 6) is 5.66. The Balaban J connectivity index is 2.20. The monoisotopic (exact) mass is 251 g/mol. The largest absolute Gasteiger partial charge is 0.271 e. The van der Waals surface area contributed by atoms with Gasteiger partial charge in [-0.25, -0.2) is 5.43 Å². The number of hydrogen-bond acceptors (Lipinski definition) is 3. The van der Waals surface area contributed by atoms with E-state index in [1.54, 1.807) is 6.20 Å². The van der Waals surface area contributed by atoms with Crippen molar-refractivity contribution in [1.82, 2.24) is 10.4 Å². The zero-order valence-corrected chi connectivity index (χ0v) is 10.6. The van der Waals surface area contributed by atoms with Gasteiger partial charge in [0.1, 0.15) is 0 Å². The maximum absolute atomic E-state index is 5.84.